The van der Waals surface area contributed by atoms with Crippen LogP contribution in [0.3, 0.4) is 0 Å². The Morgan fingerprint density at radius 2 is 0.795 bits per heavy atom. The van der Waals surface area contributed by atoms with Crippen molar-refractivity contribution >= 4 is 46.4 Å². The monoisotopic (exact) mass is 634 g/mol. The third kappa shape index (κ3) is 24.2. The number of ether oxygens (including phenoxy) is 3. The first-order chi connectivity index (χ1) is 18.9. The number of hydrogen-bond acceptors (Lipinski definition) is 3. The fourth-order valence-electron chi connectivity index (χ4n) is 4.52. The van der Waals surface area contributed by atoms with Crippen LogP contribution in [-0.2, 0) is 14.2 Å². The third-order valence-corrected chi connectivity index (χ3v) is 8.97. The molecular formula is C32H62Cl4O3. The molecule has 0 spiro atoms. The SMILES string of the molecule is CCCCCCCCCCC(Cl)COC(OC(OCC(Cl)CCCCCCCCCC)C(C)CCl)C(C)CCl. The van der Waals surface area contributed by atoms with Gasteiger partial charge in [-0.1, -0.05) is 130 Å². The molecule has 0 bridgehead atoms. The van der Waals surface area contributed by atoms with Crippen molar-refractivity contribution in [1.82, 2.24) is 0 Å². The van der Waals surface area contributed by atoms with Gasteiger partial charge in [-0.05, 0) is 12.8 Å². The zero-order chi connectivity index (χ0) is 29.1. The van der Waals surface area contributed by atoms with Crippen molar-refractivity contribution in [3.63, 3.8) is 0 Å². The smallest absolute Gasteiger partial charge is 0.164 e. The molecule has 0 aromatic heterocycles. The van der Waals surface area contributed by atoms with Gasteiger partial charge in [-0.2, -0.15) is 0 Å². The van der Waals surface area contributed by atoms with Crippen molar-refractivity contribution < 1.29 is 14.2 Å². The van der Waals surface area contributed by atoms with E-state index in [1.54, 1.807) is 0 Å². The maximum absolute atomic E-state index is 6.60. The maximum atomic E-state index is 6.60. The average molecular weight is 637 g/mol. The van der Waals surface area contributed by atoms with Gasteiger partial charge in [-0.25, -0.2) is 0 Å². The number of unbranched alkanes of at least 4 members (excludes halogenated alkanes) is 14. The van der Waals surface area contributed by atoms with Crippen molar-refractivity contribution in [3.05, 3.63) is 0 Å². The zero-order valence-electron chi connectivity index (χ0n) is 25.8. The third-order valence-electron chi connectivity index (χ3n) is 7.31. The van der Waals surface area contributed by atoms with E-state index in [9.17, 15) is 0 Å². The fraction of sp³-hybridized carbons (Fsp3) is 1.00. The zero-order valence-corrected chi connectivity index (χ0v) is 28.8. The highest BCUT2D eigenvalue weighted by molar-refractivity contribution is 6.21. The molecule has 0 aliphatic carbocycles. The highest BCUT2D eigenvalue weighted by Crippen LogP contribution is 2.23. The van der Waals surface area contributed by atoms with E-state index in [4.69, 9.17) is 60.6 Å². The second kappa shape index (κ2) is 29.1. The molecule has 0 aromatic rings. The molecule has 0 rings (SSSR count). The molecule has 0 N–H and O–H groups in total. The summed E-state index contributed by atoms with van der Waals surface area (Å²) >= 11 is 25.6. The molecule has 6 unspecified atom stereocenters. The quantitative estimate of drug-likeness (QED) is 0.0446. The summed E-state index contributed by atoms with van der Waals surface area (Å²) in [4.78, 5) is 0. The van der Waals surface area contributed by atoms with Gasteiger partial charge in [-0.15, -0.1) is 46.4 Å². The summed E-state index contributed by atoms with van der Waals surface area (Å²) in [7, 11) is 0. The molecule has 0 heterocycles. The van der Waals surface area contributed by atoms with Gasteiger partial charge in [-0.3, -0.25) is 0 Å². The Kier molecular flexibility index (Phi) is 29.9. The Bertz CT molecular complexity index is 458. The van der Waals surface area contributed by atoms with Crippen LogP contribution in [0.15, 0.2) is 0 Å². The lowest BCUT2D eigenvalue weighted by Gasteiger charge is -2.31. The van der Waals surface area contributed by atoms with Gasteiger partial charge in [0.05, 0.1) is 24.0 Å². The van der Waals surface area contributed by atoms with Crippen LogP contribution < -0.4 is 0 Å². The van der Waals surface area contributed by atoms with Crippen LogP contribution in [0.1, 0.15) is 143 Å². The predicted octanol–water partition coefficient (Wildman–Crippen LogP) is 11.7. The summed E-state index contributed by atoms with van der Waals surface area (Å²) < 4.78 is 18.6. The van der Waals surface area contributed by atoms with Gasteiger partial charge in [0.25, 0.3) is 0 Å². The largest absolute Gasteiger partial charge is 0.351 e. The minimum Gasteiger partial charge on any atom is -0.351 e. The Balaban J connectivity index is 4.41. The van der Waals surface area contributed by atoms with E-state index in [-0.39, 0.29) is 22.6 Å². The predicted molar refractivity (Wildman–Crippen MR) is 174 cm³/mol. The van der Waals surface area contributed by atoms with Crippen LogP contribution in [0.4, 0.5) is 0 Å². The molecule has 0 radical (unpaired) electrons. The molecule has 0 aromatic carbocycles. The number of halogens is 4. The first-order valence-electron chi connectivity index (χ1n) is 16.2. The number of hydrogen-bond donors (Lipinski definition) is 0. The second-order valence-electron chi connectivity index (χ2n) is 11.5. The van der Waals surface area contributed by atoms with Crippen LogP contribution in [0, 0.1) is 11.8 Å². The van der Waals surface area contributed by atoms with Crippen LogP contribution in [0.5, 0.6) is 0 Å². The standard InChI is InChI=1S/C32H62Cl4O3/c1-5-7-9-11-13-15-17-19-21-29(35)25-37-31(27(3)23-33)39-32(28(4)24-34)38-26-30(36)22-20-18-16-14-12-10-8-6-2/h27-32H,5-26H2,1-4H3. The normalized spacial score (nSPS) is 16.6. The van der Waals surface area contributed by atoms with Gasteiger partial charge in [0.1, 0.15) is 0 Å². The van der Waals surface area contributed by atoms with E-state index >= 15 is 0 Å². The second-order valence-corrected chi connectivity index (χ2v) is 13.4. The summed E-state index contributed by atoms with van der Waals surface area (Å²) in [6.45, 7) is 9.42. The lowest BCUT2D eigenvalue weighted by Crippen LogP contribution is -2.38. The summed E-state index contributed by atoms with van der Waals surface area (Å²) in [5.74, 6) is 0.843. The topological polar surface area (TPSA) is 27.7 Å². The lowest BCUT2D eigenvalue weighted by atomic mass is 10.1. The van der Waals surface area contributed by atoms with Gasteiger partial charge in [0, 0.05) is 23.6 Å². The minimum atomic E-state index is -0.500. The van der Waals surface area contributed by atoms with E-state index in [0.29, 0.717) is 25.0 Å². The molecule has 0 aliphatic heterocycles. The van der Waals surface area contributed by atoms with E-state index in [0.717, 1.165) is 25.7 Å². The van der Waals surface area contributed by atoms with Crippen molar-refractivity contribution in [2.24, 2.45) is 11.8 Å². The molecule has 6 atom stereocenters. The van der Waals surface area contributed by atoms with Gasteiger partial charge < -0.3 is 14.2 Å². The molecule has 236 valence electrons. The van der Waals surface area contributed by atoms with E-state index < -0.39 is 12.6 Å². The summed E-state index contributed by atoms with van der Waals surface area (Å²) in [6.07, 6.45) is 21.6. The van der Waals surface area contributed by atoms with Gasteiger partial charge >= 0.3 is 0 Å². The number of alkyl halides is 4. The fourth-order valence-corrected chi connectivity index (χ4v) is 5.26. The highest BCUT2D eigenvalue weighted by Gasteiger charge is 2.28. The van der Waals surface area contributed by atoms with Crippen molar-refractivity contribution in [3.8, 4) is 0 Å². The Morgan fingerprint density at radius 1 is 0.487 bits per heavy atom. The van der Waals surface area contributed by atoms with Crippen molar-refractivity contribution in [2.45, 2.75) is 167 Å². The maximum Gasteiger partial charge on any atom is 0.164 e. The molecule has 0 amide bonds. The molecule has 0 fully saturated rings. The van der Waals surface area contributed by atoms with E-state index in [1.807, 2.05) is 13.8 Å². The Labute approximate surface area is 263 Å². The first kappa shape index (κ1) is 40.0. The molecule has 0 saturated heterocycles. The summed E-state index contributed by atoms with van der Waals surface area (Å²) in [5.41, 5.74) is 0. The van der Waals surface area contributed by atoms with Crippen molar-refractivity contribution in [2.75, 3.05) is 25.0 Å². The molecule has 0 saturated carbocycles. The average Bonchev–Trinajstić information content (AvgIpc) is 2.94. The van der Waals surface area contributed by atoms with Crippen LogP contribution in [-0.4, -0.2) is 48.3 Å². The molecule has 0 aliphatic rings. The molecular weight excluding hydrogens is 574 g/mol. The van der Waals surface area contributed by atoms with Gasteiger partial charge in [0.15, 0.2) is 12.6 Å². The van der Waals surface area contributed by atoms with Crippen LogP contribution >= 0.6 is 46.4 Å². The van der Waals surface area contributed by atoms with Gasteiger partial charge in [0.2, 0.25) is 0 Å². The van der Waals surface area contributed by atoms with Crippen molar-refractivity contribution in [1.29, 1.82) is 0 Å². The molecule has 7 heteroatoms. The number of rotatable bonds is 30. The summed E-state index contributed by atoms with van der Waals surface area (Å²) in [5, 5.41) is -0.0789. The van der Waals surface area contributed by atoms with Crippen LogP contribution in [0.25, 0.3) is 0 Å². The molecule has 39 heavy (non-hydrogen) atoms. The Morgan fingerprint density at radius 3 is 1.10 bits per heavy atom. The Hall–Kier alpha value is 1.04. The van der Waals surface area contributed by atoms with E-state index in [1.165, 1.54) is 89.9 Å². The first-order valence-corrected chi connectivity index (χ1v) is 18.1. The summed E-state index contributed by atoms with van der Waals surface area (Å²) in [6, 6.07) is 0. The lowest BCUT2D eigenvalue weighted by molar-refractivity contribution is -0.270. The minimum absolute atomic E-state index is 0.00333. The van der Waals surface area contributed by atoms with E-state index in [2.05, 4.69) is 13.8 Å². The molecule has 3 nitrogen and oxygen atoms in total. The highest BCUT2D eigenvalue weighted by atomic mass is 35.5. The van der Waals surface area contributed by atoms with Crippen LogP contribution in [0.2, 0.25) is 0 Å².